The first-order chi connectivity index (χ1) is 11.8. The molecule has 0 spiro atoms. The van der Waals surface area contributed by atoms with Gasteiger partial charge in [-0.3, -0.25) is 4.98 Å². The van der Waals surface area contributed by atoms with Gasteiger partial charge in [-0.05, 0) is 30.2 Å². The molecule has 0 saturated heterocycles. The number of benzene rings is 2. The molecule has 26 heavy (non-hydrogen) atoms. The minimum absolute atomic E-state index is 0. The number of para-hydroxylation sites is 1. The Morgan fingerprint density at radius 3 is 2.35 bits per heavy atom. The largest absolute Gasteiger partial charge is 0.489 e. The zero-order valence-electron chi connectivity index (χ0n) is 14.7. The molecule has 0 fully saturated rings. The number of ether oxygens (including phenoxy) is 1. The highest BCUT2D eigenvalue weighted by Gasteiger charge is 2.03. The van der Waals surface area contributed by atoms with Gasteiger partial charge in [0.2, 0.25) is 0 Å². The molecule has 3 aromatic rings. The summed E-state index contributed by atoms with van der Waals surface area (Å²) in [6.45, 7) is 4.23. The van der Waals surface area contributed by atoms with Gasteiger partial charge in [-0.25, -0.2) is 0 Å². The number of nitrogens with one attached hydrogen (secondary N) is 1. The molecular weight excluding hydrogens is 367 g/mol. The van der Waals surface area contributed by atoms with Crippen LogP contribution in [0.25, 0.3) is 0 Å². The van der Waals surface area contributed by atoms with Gasteiger partial charge in [-0.1, -0.05) is 54.1 Å². The van der Waals surface area contributed by atoms with E-state index in [-0.39, 0.29) is 24.8 Å². The van der Waals surface area contributed by atoms with Crippen molar-refractivity contribution in [1.82, 2.24) is 10.3 Å². The Bertz CT molecular complexity index is 764. The van der Waals surface area contributed by atoms with Gasteiger partial charge in [-0.2, -0.15) is 0 Å². The van der Waals surface area contributed by atoms with E-state index in [1.54, 1.807) is 6.20 Å². The van der Waals surface area contributed by atoms with Crippen LogP contribution in [-0.4, -0.2) is 4.98 Å². The summed E-state index contributed by atoms with van der Waals surface area (Å²) < 4.78 is 6.01. The average Bonchev–Trinajstić information content (AvgIpc) is 2.63. The van der Waals surface area contributed by atoms with Crippen molar-refractivity contribution in [2.24, 2.45) is 0 Å². The Morgan fingerprint density at radius 2 is 1.62 bits per heavy atom. The molecule has 1 N–H and O–H groups in total. The normalized spacial score (nSPS) is 9.73. The number of hydrogen-bond acceptors (Lipinski definition) is 3. The van der Waals surface area contributed by atoms with Crippen LogP contribution in [0, 0.1) is 6.92 Å². The van der Waals surface area contributed by atoms with Crippen LogP contribution >= 0.6 is 24.8 Å². The molecule has 0 radical (unpaired) electrons. The van der Waals surface area contributed by atoms with Crippen molar-refractivity contribution in [3.63, 3.8) is 0 Å². The lowest BCUT2D eigenvalue weighted by Gasteiger charge is -2.12. The molecule has 1 aromatic heterocycles. The zero-order chi connectivity index (χ0) is 16.6. The number of hydrogen-bond donors (Lipinski definition) is 1. The van der Waals surface area contributed by atoms with E-state index >= 15 is 0 Å². The van der Waals surface area contributed by atoms with Gasteiger partial charge in [0.1, 0.15) is 12.4 Å². The van der Waals surface area contributed by atoms with Gasteiger partial charge in [0.05, 0.1) is 0 Å². The molecule has 3 nitrogen and oxygen atoms in total. The van der Waals surface area contributed by atoms with E-state index in [0.717, 1.165) is 24.4 Å². The third kappa shape index (κ3) is 6.68. The van der Waals surface area contributed by atoms with Crippen LogP contribution < -0.4 is 10.1 Å². The van der Waals surface area contributed by atoms with Crippen molar-refractivity contribution in [3.8, 4) is 5.75 Å². The van der Waals surface area contributed by atoms with Crippen LogP contribution in [0.4, 0.5) is 0 Å². The minimum atomic E-state index is 0. The molecule has 138 valence electrons. The molecule has 0 aliphatic rings. The summed E-state index contributed by atoms with van der Waals surface area (Å²) in [7, 11) is 0. The predicted molar refractivity (Wildman–Crippen MR) is 111 cm³/mol. The monoisotopic (exact) mass is 390 g/mol. The maximum Gasteiger partial charge on any atom is 0.124 e. The van der Waals surface area contributed by atoms with E-state index in [4.69, 9.17) is 4.74 Å². The topological polar surface area (TPSA) is 34.1 Å². The summed E-state index contributed by atoms with van der Waals surface area (Å²) in [5.74, 6) is 0.928. The molecule has 0 aliphatic heterocycles. The van der Waals surface area contributed by atoms with Crippen molar-refractivity contribution in [3.05, 3.63) is 95.3 Å². The molecule has 0 saturated carbocycles. The maximum atomic E-state index is 6.01. The van der Waals surface area contributed by atoms with Crippen molar-refractivity contribution in [1.29, 1.82) is 0 Å². The third-order valence-electron chi connectivity index (χ3n) is 3.85. The van der Waals surface area contributed by atoms with Gasteiger partial charge >= 0.3 is 0 Å². The summed E-state index contributed by atoms with van der Waals surface area (Å²) in [6, 6.07) is 20.6. The van der Waals surface area contributed by atoms with Crippen LogP contribution in [0.5, 0.6) is 5.75 Å². The molecule has 0 amide bonds. The molecule has 0 bridgehead atoms. The van der Waals surface area contributed by atoms with Gasteiger partial charge in [-0.15, -0.1) is 24.8 Å². The quantitative estimate of drug-likeness (QED) is 0.608. The Morgan fingerprint density at radius 1 is 0.846 bits per heavy atom. The molecule has 0 aliphatic carbocycles. The lowest BCUT2D eigenvalue weighted by molar-refractivity contribution is 0.302. The second-order valence-corrected chi connectivity index (χ2v) is 5.85. The molecule has 3 rings (SSSR count). The first-order valence-electron chi connectivity index (χ1n) is 8.17. The van der Waals surface area contributed by atoms with E-state index < -0.39 is 0 Å². The Balaban J connectivity index is 0.00000169. The lowest BCUT2D eigenvalue weighted by atomic mass is 10.1. The molecule has 0 atom stereocenters. The van der Waals surface area contributed by atoms with E-state index in [1.807, 2.05) is 30.5 Å². The van der Waals surface area contributed by atoms with Crippen LogP contribution in [0.3, 0.4) is 0 Å². The summed E-state index contributed by atoms with van der Waals surface area (Å²) in [5.41, 5.74) is 4.78. The molecule has 0 unspecified atom stereocenters. The van der Waals surface area contributed by atoms with Gasteiger partial charge in [0, 0.05) is 31.0 Å². The number of aryl methyl sites for hydroxylation is 1. The zero-order valence-corrected chi connectivity index (χ0v) is 16.4. The first-order valence-corrected chi connectivity index (χ1v) is 8.17. The summed E-state index contributed by atoms with van der Waals surface area (Å²) in [5, 5.41) is 3.44. The highest BCUT2D eigenvalue weighted by Crippen LogP contribution is 2.19. The second kappa shape index (κ2) is 11.5. The van der Waals surface area contributed by atoms with E-state index in [2.05, 4.69) is 53.6 Å². The van der Waals surface area contributed by atoms with Crippen molar-refractivity contribution in [2.75, 3.05) is 0 Å². The number of halogens is 2. The Kier molecular flexibility index (Phi) is 9.74. The third-order valence-corrected chi connectivity index (χ3v) is 3.85. The summed E-state index contributed by atoms with van der Waals surface area (Å²) in [6.07, 6.45) is 3.67. The smallest absolute Gasteiger partial charge is 0.124 e. The average molecular weight is 391 g/mol. The highest BCUT2D eigenvalue weighted by molar-refractivity contribution is 5.85. The number of rotatable bonds is 7. The summed E-state index contributed by atoms with van der Waals surface area (Å²) >= 11 is 0. The number of pyridine rings is 1. The molecule has 2 aromatic carbocycles. The predicted octanol–water partition coefficient (Wildman–Crippen LogP) is 5.10. The van der Waals surface area contributed by atoms with Crippen molar-refractivity contribution < 1.29 is 4.74 Å². The Hall–Kier alpha value is -2.07. The highest BCUT2D eigenvalue weighted by atomic mass is 35.5. The van der Waals surface area contributed by atoms with Crippen LogP contribution in [0.15, 0.2) is 73.1 Å². The van der Waals surface area contributed by atoms with Gasteiger partial charge in [0.15, 0.2) is 0 Å². The number of nitrogens with zero attached hydrogens (tertiary/aromatic N) is 1. The number of aromatic nitrogens is 1. The standard InChI is InChI=1S/C21H22N2O.2ClH/c1-17-8-10-18(11-9-17)16-24-21-7-3-2-6-20(21)15-23-14-19-5-4-12-22-13-19;;/h2-13,23H,14-16H2,1H3;2*1H. The van der Waals surface area contributed by atoms with Crippen molar-refractivity contribution in [2.45, 2.75) is 26.6 Å². The maximum absolute atomic E-state index is 6.01. The second-order valence-electron chi connectivity index (χ2n) is 5.85. The van der Waals surface area contributed by atoms with Crippen LogP contribution in [0.1, 0.15) is 22.3 Å². The molecular formula is C21H24Cl2N2O. The fourth-order valence-corrected chi connectivity index (χ4v) is 2.48. The summed E-state index contributed by atoms with van der Waals surface area (Å²) in [4.78, 5) is 4.13. The van der Waals surface area contributed by atoms with E-state index in [0.29, 0.717) is 6.61 Å². The minimum Gasteiger partial charge on any atom is -0.489 e. The van der Waals surface area contributed by atoms with E-state index in [9.17, 15) is 0 Å². The van der Waals surface area contributed by atoms with Crippen LogP contribution in [-0.2, 0) is 19.7 Å². The molecule has 1 heterocycles. The Labute approximate surface area is 167 Å². The van der Waals surface area contributed by atoms with Crippen LogP contribution in [0.2, 0.25) is 0 Å². The van der Waals surface area contributed by atoms with Gasteiger partial charge < -0.3 is 10.1 Å². The molecule has 5 heteroatoms. The van der Waals surface area contributed by atoms with Crippen molar-refractivity contribution >= 4 is 24.8 Å². The lowest BCUT2D eigenvalue weighted by Crippen LogP contribution is -2.13. The van der Waals surface area contributed by atoms with E-state index in [1.165, 1.54) is 16.7 Å². The fraction of sp³-hybridized carbons (Fsp3) is 0.190. The fourth-order valence-electron chi connectivity index (χ4n) is 2.48. The SMILES string of the molecule is Cc1ccc(COc2ccccc2CNCc2cccnc2)cc1.Cl.Cl. The first kappa shape index (κ1) is 22.0. The van der Waals surface area contributed by atoms with Gasteiger partial charge in [0.25, 0.3) is 0 Å².